The molecule has 3 rings (SSSR count). The SMILES string of the molecule is Cc1ccc(CN(CC2CCCO2)C(=S)Nc2ccc(C(F)(F)F)c(Cl)c2)o1. The van der Waals surface area contributed by atoms with Crippen molar-refractivity contribution >= 4 is 34.6 Å². The lowest BCUT2D eigenvalue weighted by Crippen LogP contribution is -2.39. The molecular weight excluding hydrogens is 413 g/mol. The molecule has 1 unspecified atom stereocenters. The van der Waals surface area contributed by atoms with Gasteiger partial charge in [-0.15, -0.1) is 0 Å². The van der Waals surface area contributed by atoms with Crippen molar-refractivity contribution in [2.75, 3.05) is 18.5 Å². The van der Waals surface area contributed by atoms with Crippen LogP contribution in [0.5, 0.6) is 0 Å². The predicted molar refractivity (Wildman–Crippen MR) is 106 cm³/mol. The Labute approximate surface area is 171 Å². The van der Waals surface area contributed by atoms with E-state index >= 15 is 0 Å². The standard InChI is InChI=1S/C19H20ClF3N2O2S/c1-12-4-6-15(27-12)11-25(10-14-3-2-8-26-14)18(28)24-13-5-7-16(17(20)9-13)19(21,22)23/h4-7,9,14H,2-3,8,10-11H2,1H3,(H,24,28). The molecule has 0 aliphatic carbocycles. The Bertz CT molecular complexity index is 835. The first-order valence-corrected chi connectivity index (χ1v) is 9.60. The molecule has 28 heavy (non-hydrogen) atoms. The zero-order valence-corrected chi connectivity index (χ0v) is 16.8. The van der Waals surface area contributed by atoms with Crippen molar-refractivity contribution in [3.63, 3.8) is 0 Å². The van der Waals surface area contributed by atoms with Crippen LogP contribution < -0.4 is 5.32 Å². The van der Waals surface area contributed by atoms with E-state index in [4.69, 9.17) is 33.0 Å². The van der Waals surface area contributed by atoms with Gasteiger partial charge in [-0.3, -0.25) is 0 Å². The van der Waals surface area contributed by atoms with Gasteiger partial charge in [0.2, 0.25) is 0 Å². The predicted octanol–water partition coefficient (Wildman–Crippen LogP) is 5.64. The molecule has 1 aromatic carbocycles. The summed E-state index contributed by atoms with van der Waals surface area (Å²) in [5.41, 5.74) is -0.496. The van der Waals surface area contributed by atoms with E-state index in [0.717, 1.165) is 30.4 Å². The van der Waals surface area contributed by atoms with Gasteiger partial charge in [-0.25, -0.2) is 0 Å². The van der Waals surface area contributed by atoms with Gasteiger partial charge in [0.25, 0.3) is 0 Å². The molecule has 1 aliphatic rings. The van der Waals surface area contributed by atoms with Crippen molar-refractivity contribution in [1.29, 1.82) is 0 Å². The minimum absolute atomic E-state index is 0.0482. The molecule has 2 heterocycles. The lowest BCUT2D eigenvalue weighted by molar-refractivity contribution is -0.137. The summed E-state index contributed by atoms with van der Waals surface area (Å²) in [6.45, 7) is 3.55. The molecule has 0 saturated carbocycles. The number of halogens is 4. The molecule has 0 bridgehead atoms. The van der Waals surface area contributed by atoms with Gasteiger partial charge in [0.05, 0.1) is 23.2 Å². The van der Waals surface area contributed by atoms with Gasteiger partial charge >= 0.3 is 6.18 Å². The number of alkyl halides is 3. The van der Waals surface area contributed by atoms with E-state index in [0.29, 0.717) is 30.5 Å². The average molecular weight is 433 g/mol. The normalized spacial score (nSPS) is 17.0. The summed E-state index contributed by atoms with van der Waals surface area (Å²) in [5.74, 6) is 1.53. The summed E-state index contributed by atoms with van der Waals surface area (Å²) in [6, 6.07) is 7.20. The third-order valence-electron chi connectivity index (χ3n) is 4.40. The minimum Gasteiger partial charge on any atom is -0.464 e. The molecule has 2 aromatic rings. The highest BCUT2D eigenvalue weighted by Gasteiger charge is 2.33. The molecule has 1 N–H and O–H groups in total. The Morgan fingerprint density at radius 1 is 1.32 bits per heavy atom. The molecule has 4 nitrogen and oxygen atoms in total. The van der Waals surface area contributed by atoms with E-state index in [1.165, 1.54) is 12.1 Å². The molecule has 152 valence electrons. The summed E-state index contributed by atoms with van der Waals surface area (Å²) in [4.78, 5) is 1.88. The maximum absolute atomic E-state index is 12.9. The van der Waals surface area contributed by atoms with E-state index < -0.39 is 11.7 Å². The molecular formula is C19H20ClF3N2O2S. The zero-order valence-electron chi connectivity index (χ0n) is 15.2. The van der Waals surface area contributed by atoms with Crippen LogP contribution in [-0.4, -0.2) is 29.3 Å². The minimum atomic E-state index is -4.50. The van der Waals surface area contributed by atoms with E-state index in [1.54, 1.807) is 0 Å². The van der Waals surface area contributed by atoms with Gasteiger partial charge in [-0.1, -0.05) is 11.6 Å². The Balaban J connectivity index is 1.73. The Morgan fingerprint density at radius 3 is 2.68 bits per heavy atom. The van der Waals surface area contributed by atoms with Gasteiger partial charge in [0.15, 0.2) is 5.11 Å². The van der Waals surface area contributed by atoms with E-state index in [2.05, 4.69) is 5.32 Å². The van der Waals surface area contributed by atoms with Crippen LogP contribution in [0.1, 0.15) is 29.9 Å². The molecule has 0 spiro atoms. The lowest BCUT2D eigenvalue weighted by Gasteiger charge is -2.27. The molecule has 1 aliphatic heterocycles. The third kappa shape index (κ3) is 5.40. The van der Waals surface area contributed by atoms with Crippen LogP contribution in [0.4, 0.5) is 18.9 Å². The fraction of sp³-hybridized carbons (Fsp3) is 0.421. The van der Waals surface area contributed by atoms with Crippen molar-refractivity contribution < 1.29 is 22.3 Å². The molecule has 1 atom stereocenters. The molecule has 0 amide bonds. The first-order valence-electron chi connectivity index (χ1n) is 8.82. The van der Waals surface area contributed by atoms with Crippen LogP contribution in [0.2, 0.25) is 5.02 Å². The summed E-state index contributed by atoms with van der Waals surface area (Å²) in [6.07, 6.45) is -2.53. The second-order valence-electron chi connectivity index (χ2n) is 6.65. The van der Waals surface area contributed by atoms with Crippen molar-refractivity contribution in [3.05, 3.63) is 52.4 Å². The number of thiocarbonyl (C=S) groups is 1. The maximum Gasteiger partial charge on any atom is 0.417 e. The lowest BCUT2D eigenvalue weighted by atomic mass is 10.2. The molecule has 1 fully saturated rings. The number of ether oxygens (including phenoxy) is 1. The van der Waals surface area contributed by atoms with Crippen molar-refractivity contribution in [2.24, 2.45) is 0 Å². The van der Waals surface area contributed by atoms with Crippen molar-refractivity contribution in [3.8, 4) is 0 Å². The van der Waals surface area contributed by atoms with Crippen LogP contribution >= 0.6 is 23.8 Å². The largest absolute Gasteiger partial charge is 0.464 e. The van der Waals surface area contributed by atoms with Gasteiger partial charge in [-0.05, 0) is 62.3 Å². The highest BCUT2D eigenvalue weighted by atomic mass is 35.5. The third-order valence-corrected chi connectivity index (χ3v) is 5.08. The maximum atomic E-state index is 12.9. The first kappa shape index (κ1) is 21.0. The second-order valence-corrected chi connectivity index (χ2v) is 7.44. The summed E-state index contributed by atoms with van der Waals surface area (Å²) >= 11 is 11.3. The van der Waals surface area contributed by atoms with E-state index in [-0.39, 0.29) is 11.1 Å². The van der Waals surface area contributed by atoms with Gasteiger partial charge in [-0.2, -0.15) is 13.2 Å². The van der Waals surface area contributed by atoms with Crippen LogP contribution in [0, 0.1) is 6.92 Å². The fourth-order valence-electron chi connectivity index (χ4n) is 3.04. The van der Waals surface area contributed by atoms with E-state index in [9.17, 15) is 13.2 Å². The Kier molecular flexibility index (Phi) is 6.52. The topological polar surface area (TPSA) is 37.6 Å². The van der Waals surface area contributed by atoms with Crippen LogP contribution in [0.15, 0.2) is 34.7 Å². The Morgan fingerprint density at radius 2 is 2.11 bits per heavy atom. The number of furan rings is 1. The van der Waals surface area contributed by atoms with Gasteiger partial charge in [0, 0.05) is 18.8 Å². The fourth-order valence-corrected chi connectivity index (χ4v) is 3.58. The summed E-state index contributed by atoms with van der Waals surface area (Å²) in [7, 11) is 0. The summed E-state index contributed by atoms with van der Waals surface area (Å²) in [5, 5.41) is 2.95. The number of aryl methyl sites for hydroxylation is 1. The number of rotatable bonds is 5. The van der Waals surface area contributed by atoms with Gasteiger partial charge in [0.1, 0.15) is 11.5 Å². The van der Waals surface area contributed by atoms with Crippen molar-refractivity contribution in [1.82, 2.24) is 4.90 Å². The van der Waals surface area contributed by atoms with Crippen molar-refractivity contribution in [2.45, 2.75) is 38.6 Å². The molecule has 0 radical (unpaired) electrons. The van der Waals surface area contributed by atoms with Crippen LogP contribution in [-0.2, 0) is 17.5 Å². The highest BCUT2D eigenvalue weighted by Crippen LogP contribution is 2.36. The van der Waals surface area contributed by atoms with E-state index in [1.807, 2.05) is 24.0 Å². The summed E-state index contributed by atoms with van der Waals surface area (Å²) < 4.78 is 50.0. The number of anilines is 1. The number of hydrogen-bond acceptors (Lipinski definition) is 3. The highest BCUT2D eigenvalue weighted by molar-refractivity contribution is 7.80. The second kappa shape index (κ2) is 8.71. The first-order chi connectivity index (χ1) is 13.2. The monoisotopic (exact) mass is 432 g/mol. The van der Waals surface area contributed by atoms with Gasteiger partial charge < -0.3 is 19.4 Å². The number of benzene rings is 1. The average Bonchev–Trinajstić information content (AvgIpc) is 3.25. The molecule has 1 aromatic heterocycles. The zero-order chi connectivity index (χ0) is 20.3. The number of nitrogens with zero attached hydrogens (tertiary/aromatic N) is 1. The smallest absolute Gasteiger partial charge is 0.417 e. The molecule has 9 heteroatoms. The van der Waals surface area contributed by atoms with Crippen LogP contribution in [0.3, 0.4) is 0 Å². The van der Waals surface area contributed by atoms with Crippen LogP contribution in [0.25, 0.3) is 0 Å². The number of nitrogens with one attached hydrogen (secondary N) is 1. The number of hydrogen-bond donors (Lipinski definition) is 1. The Hall–Kier alpha value is -1.77. The quantitative estimate of drug-likeness (QED) is 0.619. The molecule has 1 saturated heterocycles.